The molecule has 3 nitrogen and oxygen atoms in total. The van der Waals surface area contributed by atoms with Crippen molar-refractivity contribution in [2.45, 2.75) is 51.7 Å². The van der Waals surface area contributed by atoms with E-state index in [1.165, 1.54) is 12.8 Å². The van der Waals surface area contributed by atoms with Gasteiger partial charge in [0.15, 0.2) is 0 Å². The molecule has 15 heavy (non-hydrogen) atoms. The van der Waals surface area contributed by atoms with E-state index in [-0.39, 0.29) is 17.5 Å². The van der Waals surface area contributed by atoms with Crippen LogP contribution in [0.25, 0.3) is 0 Å². The zero-order chi connectivity index (χ0) is 11.1. The molecule has 0 aromatic heterocycles. The summed E-state index contributed by atoms with van der Waals surface area (Å²) in [5, 5.41) is 3.43. The second-order valence-corrected chi connectivity index (χ2v) is 5.76. The van der Waals surface area contributed by atoms with E-state index in [4.69, 9.17) is 4.74 Å². The summed E-state index contributed by atoms with van der Waals surface area (Å²) in [7, 11) is 0. The molecule has 1 aliphatic heterocycles. The SMILES string of the molecule is CC(C)(C)OC(=O)C1C2CCCC1NC2. The van der Waals surface area contributed by atoms with Crippen molar-refractivity contribution in [2.24, 2.45) is 11.8 Å². The number of hydrogen-bond donors (Lipinski definition) is 1. The molecule has 1 N–H and O–H groups in total. The van der Waals surface area contributed by atoms with Gasteiger partial charge < -0.3 is 10.1 Å². The molecular formula is C12H21NO2. The topological polar surface area (TPSA) is 38.3 Å². The van der Waals surface area contributed by atoms with Gasteiger partial charge in [0.2, 0.25) is 0 Å². The second kappa shape index (κ2) is 3.78. The van der Waals surface area contributed by atoms with Gasteiger partial charge in [-0.1, -0.05) is 6.42 Å². The van der Waals surface area contributed by atoms with Crippen LogP contribution in [-0.4, -0.2) is 24.2 Å². The summed E-state index contributed by atoms with van der Waals surface area (Å²) in [6.07, 6.45) is 3.55. The Morgan fingerprint density at radius 2 is 2.07 bits per heavy atom. The molecule has 2 aliphatic rings. The zero-order valence-corrected chi connectivity index (χ0v) is 9.88. The molecule has 3 unspecified atom stereocenters. The van der Waals surface area contributed by atoms with Crippen LogP contribution in [0, 0.1) is 11.8 Å². The molecule has 0 amide bonds. The van der Waals surface area contributed by atoms with Crippen molar-refractivity contribution < 1.29 is 9.53 Å². The Bertz CT molecular complexity index is 241. The minimum Gasteiger partial charge on any atom is -0.460 e. The quantitative estimate of drug-likeness (QED) is 0.671. The van der Waals surface area contributed by atoms with Crippen molar-refractivity contribution in [2.75, 3.05) is 6.54 Å². The molecule has 1 aliphatic carbocycles. The van der Waals surface area contributed by atoms with Crippen molar-refractivity contribution >= 4 is 5.97 Å². The first-order chi connectivity index (χ1) is 6.97. The third kappa shape index (κ3) is 2.33. The Morgan fingerprint density at radius 3 is 2.67 bits per heavy atom. The number of fused-ring (bicyclic) bond motifs is 2. The summed E-state index contributed by atoms with van der Waals surface area (Å²) in [5.74, 6) is 0.624. The van der Waals surface area contributed by atoms with E-state index in [1.54, 1.807) is 0 Å². The fourth-order valence-electron chi connectivity index (χ4n) is 2.77. The summed E-state index contributed by atoms with van der Waals surface area (Å²) in [6.45, 7) is 6.80. The molecule has 0 aromatic carbocycles. The molecule has 1 saturated carbocycles. The van der Waals surface area contributed by atoms with Gasteiger partial charge in [0, 0.05) is 6.04 Å². The lowest BCUT2D eigenvalue weighted by Crippen LogP contribution is -2.39. The number of nitrogens with one attached hydrogen (secondary N) is 1. The average Bonchev–Trinajstić information content (AvgIpc) is 2.34. The van der Waals surface area contributed by atoms with Gasteiger partial charge in [-0.3, -0.25) is 4.79 Å². The van der Waals surface area contributed by atoms with Gasteiger partial charge in [-0.2, -0.15) is 0 Å². The summed E-state index contributed by atoms with van der Waals surface area (Å²) in [5.41, 5.74) is -0.353. The normalized spacial score (nSPS) is 35.3. The molecule has 3 atom stereocenters. The molecule has 0 radical (unpaired) electrons. The molecule has 0 aromatic rings. The molecule has 86 valence electrons. The van der Waals surface area contributed by atoms with Crippen LogP contribution >= 0.6 is 0 Å². The largest absolute Gasteiger partial charge is 0.460 e. The van der Waals surface area contributed by atoms with Crippen LogP contribution in [0.2, 0.25) is 0 Å². The summed E-state index contributed by atoms with van der Waals surface area (Å²) in [4.78, 5) is 12.0. The van der Waals surface area contributed by atoms with E-state index in [1.807, 2.05) is 20.8 Å². The monoisotopic (exact) mass is 211 g/mol. The Kier molecular flexibility index (Phi) is 2.75. The zero-order valence-electron chi connectivity index (χ0n) is 9.88. The van der Waals surface area contributed by atoms with E-state index in [2.05, 4.69) is 5.32 Å². The molecule has 2 bridgehead atoms. The van der Waals surface area contributed by atoms with Crippen LogP contribution in [0.3, 0.4) is 0 Å². The van der Waals surface area contributed by atoms with E-state index in [0.717, 1.165) is 13.0 Å². The van der Waals surface area contributed by atoms with Gasteiger partial charge in [-0.15, -0.1) is 0 Å². The van der Waals surface area contributed by atoms with Gasteiger partial charge >= 0.3 is 5.97 Å². The highest BCUT2D eigenvalue weighted by Gasteiger charge is 2.44. The Labute approximate surface area is 91.6 Å². The van der Waals surface area contributed by atoms with E-state index < -0.39 is 0 Å². The molecule has 2 rings (SSSR count). The lowest BCUT2D eigenvalue weighted by molar-refractivity contribution is -0.162. The van der Waals surface area contributed by atoms with Crippen LogP contribution in [0.1, 0.15) is 40.0 Å². The molecule has 0 spiro atoms. The summed E-state index contributed by atoms with van der Waals surface area (Å²) in [6, 6.07) is 0.374. The lowest BCUT2D eigenvalue weighted by Gasteiger charge is -2.30. The molecular weight excluding hydrogens is 190 g/mol. The number of rotatable bonds is 1. The molecule has 2 fully saturated rings. The van der Waals surface area contributed by atoms with Crippen LogP contribution in [0.4, 0.5) is 0 Å². The lowest BCUT2D eigenvalue weighted by atomic mass is 9.80. The number of ether oxygens (including phenoxy) is 1. The molecule has 1 heterocycles. The van der Waals surface area contributed by atoms with Crippen LogP contribution < -0.4 is 5.32 Å². The summed E-state index contributed by atoms with van der Waals surface area (Å²) < 4.78 is 5.48. The van der Waals surface area contributed by atoms with Crippen molar-refractivity contribution in [3.8, 4) is 0 Å². The van der Waals surface area contributed by atoms with Crippen LogP contribution in [0.5, 0.6) is 0 Å². The highest BCUT2D eigenvalue weighted by molar-refractivity contribution is 5.74. The first-order valence-corrected chi connectivity index (χ1v) is 5.93. The van der Waals surface area contributed by atoms with Gasteiger partial charge in [0.1, 0.15) is 5.60 Å². The first kappa shape index (κ1) is 10.9. The van der Waals surface area contributed by atoms with Crippen LogP contribution in [-0.2, 0) is 9.53 Å². The maximum atomic E-state index is 12.0. The predicted octanol–water partition coefficient (Wildman–Crippen LogP) is 1.72. The van der Waals surface area contributed by atoms with Gasteiger partial charge in [0.05, 0.1) is 5.92 Å². The summed E-state index contributed by atoms with van der Waals surface area (Å²) >= 11 is 0. The standard InChI is InChI=1S/C12H21NO2/c1-12(2,3)15-11(14)10-8-5-4-6-9(10)13-7-8/h8-10,13H,4-7H2,1-3H3. The van der Waals surface area contributed by atoms with Gasteiger partial charge in [-0.25, -0.2) is 0 Å². The smallest absolute Gasteiger partial charge is 0.311 e. The minimum atomic E-state index is -0.353. The highest BCUT2D eigenvalue weighted by Crippen LogP contribution is 2.36. The number of esters is 1. The fourth-order valence-corrected chi connectivity index (χ4v) is 2.77. The maximum Gasteiger partial charge on any atom is 0.311 e. The van der Waals surface area contributed by atoms with Crippen LogP contribution in [0.15, 0.2) is 0 Å². The Hall–Kier alpha value is -0.570. The van der Waals surface area contributed by atoms with Crippen molar-refractivity contribution in [1.82, 2.24) is 5.32 Å². The third-order valence-corrected chi connectivity index (χ3v) is 3.35. The number of carbonyl (C=O) groups is 1. The van der Waals surface area contributed by atoms with Crippen molar-refractivity contribution in [3.05, 3.63) is 0 Å². The van der Waals surface area contributed by atoms with Crippen molar-refractivity contribution in [3.63, 3.8) is 0 Å². The third-order valence-electron chi connectivity index (χ3n) is 3.35. The Morgan fingerprint density at radius 1 is 1.33 bits per heavy atom. The predicted molar refractivity (Wildman–Crippen MR) is 58.5 cm³/mol. The second-order valence-electron chi connectivity index (χ2n) is 5.76. The molecule has 1 saturated heterocycles. The average molecular weight is 211 g/mol. The van der Waals surface area contributed by atoms with Gasteiger partial charge in [0.25, 0.3) is 0 Å². The maximum absolute atomic E-state index is 12.0. The van der Waals surface area contributed by atoms with E-state index in [9.17, 15) is 4.79 Å². The van der Waals surface area contributed by atoms with E-state index >= 15 is 0 Å². The molecule has 3 heteroatoms. The number of carbonyl (C=O) groups excluding carboxylic acids is 1. The van der Waals surface area contributed by atoms with Gasteiger partial charge in [-0.05, 0) is 46.1 Å². The fraction of sp³-hybridized carbons (Fsp3) is 0.917. The minimum absolute atomic E-state index is 0.00204. The number of hydrogen-bond acceptors (Lipinski definition) is 3. The highest BCUT2D eigenvalue weighted by atomic mass is 16.6. The van der Waals surface area contributed by atoms with E-state index in [0.29, 0.717) is 12.0 Å². The van der Waals surface area contributed by atoms with Crippen molar-refractivity contribution in [1.29, 1.82) is 0 Å². The first-order valence-electron chi connectivity index (χ1n) is 5.93. The Balaban J connectivity index is 2.01.